The second-order valence-electron chi connectivity index (χ2n) is 3.63. The fraction of sp³-hybridized carbons (Fsp3) is 0.455. The van der Waals surface area contributed by atoms with Gasteiger partial charge in [-0.25, -0.2) is 0 Å². The van der Waals surface area contributed by atoms with E-state index in [4.69, 9.17) is 10.5 Å². The Kier molecular flexibility index (Phi) is 3.67. The molecular weight excluding hydrogens is 219 g/mol. The maximum atomic E-state index is 12.5. The van der Waals surface area contributed by atoms with Crippen LogP contribution in [-0.2, 0) is 6.18 Å². The topological polar surface area (TPSA) is 35.2 Å². The molecule has 16 heavy (non-hydrogen) atoms. The van der Waals surface area contributed by atoms with Gasteiger partial charge < -0.3 is 10.5 Å². The van der Waals surface area contributed by atoms with Gasteiger partial charge in [-0.3, -0.25) is 0 Å². The molecule has 0 amide bonds. The van der Waals surface area contributed by atoms with Crippen molar-refractivity contribution in [2.75, 3.05) is 5.73 Å². The van der Waals surface area contributed by atoms with Crippen molar-refractivity contribution in [1.29, 1.82) is 0 Å². The van der Waals surface area contributed by atoms with Crippen molar-refractivity contribution in [1.82, 2.24) is 0 Å². The highest BCUT2D eigenvalue weighted by Crippen LogP contribution is 2.33. The van der Waals surface area contributed by atoms with E-state index >= 15 is 0 Å². The molecule has 2 N–H and O–H groups in total. The summed E-state index contributed by atoms with van der Waals surface area (Å²) in [7, 11) is 0. The standard InChI is InChI=1S/C11H14F3NO/c1-3-7(2)16-10-5-8(11(12,13)14)4-9(15)6-10/h4-7H,3,15H2,1-2H3. The Morgan fingerprint density at radius 3 is 2.44 bits per heavy atom. The Labute approximate surface area is 92.2 Å². The maximum absolute atomic E-state index is 12.5. The number of hydrogen-bond acceptors (Lipinski definition) is 2. The monoisotopic (exact) mass is 233 g/mol. The van der Waals surface area contributed by atoms with E-state index in [1.54, 1.807) is 6.92 Å². The average molecular weight is 233 g/mol. The van der Waals surface area contributed by atoms with Gasteiger partial charge in [0.1, 0.15) is 5.75 Å². The molecule has 0 heterocycles. The van der Waals surface area contributed by atoms with Crippen molar-refractivity contribution >= 4 is 5.69 Å². The molecule has 90 valence electrons. The Morgan fingerprint density at radius 2 is 1.94 bits per heavy atom. The van der Waals surface area contributed by atoms with Gasteiger partial charge in [-0.1, -0.05) is 6.92 Å². The van der Waals surface area contributed by atoms with E-state index in [0.29, 0.717) is 0 Å². The predicted molar refractivity (Wildman–Crippen MR) is 56.2 cm³/mol. The Morgan fingerprint density at radius 1 is 1.31 bits per heavy atom. The smallest absolute Gasteiger partial charge is 0.416 e. The molecule has 0 bridgehead atoms. The summed E-state index contributed by atoms with van der Waals surface area (Å²) in [4.78, 5) is 0. The van der Waals surface area contributed by atoms with Crippen LogP contribution in [0.15, 0.2) is 18.2 Å². The molecule has 0 aliphatic rings. The first kappa shape index (κ1) is 12.7. The number of nitrogens with two attached hydrogens (primary N) is 1. The number of alkyl halides is 3. The lowest BCUT2D eigenvalue weighted by atomic mass is 10.2. The second kappa shape index (κ2) is 4.63. The number of ether oxygens (including phenoxy) is 1. The fourth-order valence-electron chi connectivity index (χ4n) is 1.17. The number of hydrogen-bond donors (Lipinski definition) is 1. The fourth-order valence-corrected chi connectivity index (χ4v) is 1.17. The normalized spacial score (nSPS) is 13.6. The van der Waals surface area contributed by atoms with Gasteiger partial charge in [0.05, 0.1) is 11.7 Å². The molecular formula is C11H14F3NO. The van der Waals surface area contributed by atoms with Crippen molar-refractivity contribution in [2.45, 2.75) is 32.5 Å². The first-order valence-electron chi connectivity index (χ1n) is 4.97. The van der Waals surface area contributed by atoms with Gasteiger partial charge in [0, 0.05) is 11.8 Å². The Bertz CT molecular complexity index is 363. The molecule has 0 aliphatic carbocycles. The highest BCUT2D eigenvalue weighted by molar-refractivity contribution is 5.48. The summed E-state index contributed by atoms with van der Waals surface area (Å²) in [5.41, 5.74) is 4.66. The van der Waals surface area contributed by atoms with Crippen molar-refractivity contribution < 1.29 is 17.9 Å². The largest absolute Gasteiger partial charge is 0.491 e. The van der Waals surface area contributed by atoms with E-state index in [2.05, 4.69) is 0 Å². The van der Waals surface area contributed by atoms with Crippen LogP contribution >= 0.6 is 0 Å². The lowest BCUT2D eigenvalue weighted by Gasteiger charge is -2.15. The molecule has 5 heteroatoms. The predicted octanol–water partition coefficient (Wildman–Crippen LogP) is 3.46. The molecule has 0 radical (unpaired) electrons. The van der Waals surface area contributed by atoms with E-state index in [1.807, 2.05) is 6.92 Å². The number of halogens is 3. The summed E-state index contributed by atoms with van der Waals surface area (Å²) in [5.74, 6) is 0.154. The van der Waals surface area contributed by atoms with Gasteiger partial charge in [0.2, 0.25) is 0 Å². The SMILES string of the molecule is CCC(C)Oc1cc(N)cc(C(F)(F)F)c1. The summed E-state index contributed by atoms with van der Waals surface area (Å²) in [6.45, 7) is 3.68. The highest BCUT2D eigenvalue weighted by atomic mass is 19.4. The lowest BCUT2D eigenvalue weighted by Crippen LogP contribution is -2.12. The molecule has 0 fully saturated rings. The lowest BCUT2D eigenvalue weighted by molar-refractivity contribution is -0.137. The van der Waals surface area contributed by atoms with Crippen LogP contribution in [0.3, 0.4) is 0 Å². The number of rotatable bonds is 3. The van der Waals surface area contributed by atoms with Crippen LogP contribution in [0, 0.1) is 0 Å². The second-order valence-corrected chi connectivity index (χ2v) is 3.63. The van der Waals surface area contributed by atoms with Gasteiger partial charge in [-0.2, -0.15) is 13.2 Å². The molecule has 1 atom stereocenters. The zero-order valence-corrected chi connectivity index (χ0v) is 9.14. The number of anilines is 1. The van der Waals surface area contributed by atoms with Gasteiger partial charge in [-0.05, 0) is 25.5 Å². The quantitative estimate of drug-likeness (QED) is 0.811. The molecule has 0 saturated heterocycles. The van der Waals surface area contributed by atoms with Gasteiger partial charge in [-0.15, -0.1) is 0 Å². The van der Waals surface area contributed by atoms with Crippen molar-refractivity contribution in [2.24, 2.45) is 0 Å². The molecule has 2 nitrogen and oxygen atoms in total. The zero-order valence-electron chi connectivity index (χ0n) is 9.14. The van der Waals surface area contributed by atoms with E-state index in [0.717, 1.165) is 18.6 Å². The molecule has 1 aromatic rings. The third-order valence-electron chi connectivity index (χ3n) is 2.17. The minimum Gasteiger partial charge on any atom is -0.491 e. The summed E-state index contributed by atoms with van der Waals surface area (Å²) >= 11 is 0. The summed E-state index contributed by atoms with van der Waals surface area (Å²) in [6.07, 6.45) is -3.82. The van der Waals surface area contributed by atoms with Crippen LogP contribution in [0.25, 0.3) is 0 Å². The van der Waals surface area contributed by atoms with Crippen molar-refractivity contribution in [3.63, 3.8) is 0 Å². The highest BCUT2D eigenvalue weighted by Gasteiger charge is 2.31. The summed E-state index contributed by atoms with van der Waals surface area (Å²) in [5, 5.41) is 0. The van der Waals surface area contributed by atoms with Crippen LogP contribution < -0.4 is 10.5 Å². The third kappa shape index (κ3) is 3.32. The van der Waals surface area contributed by atoms with Gasteiger partial charge in [0.15, 0.2) is 0 Å². The van der Waals surface area contributed by atoms with Crippen LogP contribution in [0.2, 0.25) is 0 Å². The molecule has 1 unspecified atom stereocenters. The van der Waals surface area contributed by atoms with Gasteiger partial charge >= 0.3 is 6.18 Å². The minimum atomic E-state index is -4.40. The van der Waals surface area contributed by atoms with Crippen LogP contribution in [0.4, 0.5) is 18.9 Å². The molecule has 0 spiro atoms. The third-order valence-corrected chi connectivity index (χ3v) is 2.17. The zero-order chi connectivity index (χ0) is 12.3. The molecule has 0 aromatic heterocycles. The molecule has 1 rings (SSSR count). The Hall–Kier alpha value is -1.39. The van der Waals surface area contributed by atoms with E-state index < -0.39 is 11.7 Å². The maximum Gasteiger partial charge on any atom is 0.416 e. The van der Waals surface area contributed by atoms with Crippen molar-refractivity contribution in [3.05, 3.63) is 23.8 Å². The van der Waals surface area contributed by atoms with Gasteiger partial charge in [0.25, 0.3) is 0 Å². The number of nitrogen functional groups attached to an aromatic ring is 1. The molecule has 0 saturated carbocycles. The number of benzene rings is 1. The van der Waals surface area contributed by atoms with E-state index in [9.17, 15) is 13.2 Å². The van der Waals surface area contributed by atoms with Crippen LogP contribution in [-0.4, -0.2) is 6.10 Å². The van der Waals surface area contributed by atoms with E-state index in [1.165, 1.54) is 6.07 Å². The first-order chi connectivity index (χ1) is 7.32. The first-order valence-corrected chi connectivity index (χ1v) is 4.97. The minimum absolute atomic E-state index is 0.0492. The van der Waals surface area contributed by atoms with E-state index in [-0.39, 0.29) is 17.5 Å². The summed E-state index contributed by atoms with van der Waals surface area (Å²) in [6, 6.07) is 3.24. The summed E-state index contributed by atoms with van der Waals surface area (Å²) < 4.78 is 42.7. The molecule has 0 aliphatic heterocycles. The Balaban J connectivity index is 2.99. The molecule has 1 aromatic carbocycles. The van der Waals surface area contributed by atoms with Crippen molar-refractivity contribution in [3.8, 4) is 5.75 Å². The van der Waals surface area contributed by atoms with Crippen LogP contribution in [0.1, 0.15) is 25.8 Å². The average Bonchev–Trinajstić information content (AvgIpc) is 2.15. The van der Waals surface area contributed by atoms with Crippen LogP contribution in [0.5, 0.6) is 5.75 Å².